The lowest BCUT2D eigenvalue weighted by Gasteiger charge is -2.09. The highest BCUT2D eigenvalue weighted by molar-refractivity contribution is 6.35. The van der Waals surface area contributed by atoms with Gasteiger partial charge in [-0.25, -0.2) is 0 Å². The van der Waals surface area contributed by atoms with Crippen molar-refractivity contribution < 1.29 is 9.90 Å². The molecule has 0 unspecified atom stereocenters. The Hall–Kier alpha value is -0.810. The average Bonchev–Trinajstić information content (AvgIpc) is 2.31. The second-order valence-electron chi connectivity index (χ2n) is 4.32. The minimum atomic E-state index is -0.458. The summed E-state index contributed by atoms with van der Waals surface area (Å²) in [6.45, 7) is 2.76. The molecule has 0 aliphatic carbocycles. The van der Waals surface area contributed by atoms with Crippen molar-refractivity contribution in [3.05, 3.63) is 33.8 Å². The zero-order valence-electron chi connectivity index (χ0n) is 10.7. The van der Waals surface area contributed by atoms with Crippen molar-refractivity contribution in [1.29, 1.82) is 0 Å². The standard InChI is InChI=1S/C13H18Cl2N2O2/c1-9(18)7-16-8-13(19)17-5-4-10-2-3-11(14)6-12(10)15/h2-3,6,9,16,18H,4-5,7-8H2,1H3,(H,17,19)/t9-/m1/s1. The topological polar surface area (TPSA) is 61.4 Å². The molecule has 1 rings (SSSR count). The van der Waals surface area contributed by atoms with Crippen LogP contribution in [0, 0.1) is 0 Å². The molecule has 4 nitrogen and oxygen atoms in total. The number of rotatable bonds is 7. The lowest BCUT2D eigenvalue weighted by Crippen LogP contribution is -2.37. The molecule has 1 amide bonds. The SMILES string of the molecule is C[C@@H](O)CNCC(=O)NCCc1ccc(Cl)cc1Cl. The lowest BCUT2D eigenvalue weighted by atomic mass is 10.1. The summed E-state index contributed by atoms with van der Waals surface area (Å²) in [5.74, 6) is -0.106. The summed E-state index contributed by atoms with van der Waals surface area (Å²) in [6.07, 6.45) is 0.193. The molecule has 6 heteroatoms. The maximum Gasteiger partial charge on any atom is 0.233 e. The van der Waals surface area contributed by atoms with Gasteiger partial charge in [0, 0.05) is 23.1 Å². The minimum Gasteiger partial charge on any atom is -0.392 e. The van der Waals surface area contributed by atoms with E-state index in [2.05, 4.69) is 10.6 Å². The fourth-order valence-electron chi connectivity index (χ4n) is 1.52. The van der Waals surface area contributed by atoms with Crippen LogP contribution in [0.3, 0.4) is 0 Å². The van der Waals surface area contributed by atoms with Crippen LogP contribution in [0.2, 0.25) is 10.0 Å². The van der Waals surface area contributed by atoms with Gasteiger partial charge in [-0.15, -0.1) is 0 Å². The molecule has 0 saturated heterocycles. The van der Waals surface area contributed by atoms with Gasteiger partial charge in [-0.05, 0) is 31.0 Å². The Labute approximate surface area is 123 Å². The monoisotopic (exact) mass is 304 g/mol. The Morgan fingerprint density at radius 2 is 2.16 bits per heavy atom. The van der Waals surface area contributed by atoms with Gasteiger partial charge in [0.1, 0.15) is 0 Å². The van der Waals surface area contributed by atoms with Crippen LogP contribution >= 0.6 is 23.2 Å². The molecule has 0 spiro atoms. The van der Waals surface area contributed by atoms with Crippen molar-refractivity contribution >= 4 is 29.1 Å². The van der Waals surface area contributed by atoms with Gasteiger partial charge in [-0.3, -0.25) is 4.79 Å². The Morgan fingerprint density at radius 1 is 1.42 bits per heavy atom. The molecule has 106 valence electrons. The van der Waals surface area contributed by atoms with Crippen LogP contribution in [0.5, 0.6) is 0 Å². The molecule has 0 bridgehead atoms. The molecule has 0 aliphatic heterocycles. The summed E-state index contributed by atoms with van der Waals surface area (Å²) < 4.78 is 0. The van der Waals surface area contributed by atoms with Gasteiger partial charge >= 0.3 is 0 Å². The van der Waals surface area contributed by atoms with Gasteiger partial charge in [-0.1, -0.05) is 29.3 Å². The number of aliphatic hydroxyl groups is 1. The number of carbonyl (C=O) groups excluding carboxylic acids is 1. The van der Waals surface area contributed by atoms with Gasteiger partial charge in [0.2, 0.25) is 5.91 Å². The number of aliphatic hydroxyl groups excluding tert-OH is 1. The van der Waals surface area contributed by atoms with Crippen LogP contribution in [-0.4, -0.2) is 36.8 Å². The molecule has 0 aliphatic rings. The average molecular weight is 305 g/mol. The van der Waals surface area contributed by atoms with Crippen molar-refractivity contribution in [3.8, 4) is 0 Å². The Morgan fingerprint density at radius 3 is 2.79 bits per heavy atom. The molecule has 1 atom stereocenters. The van der Waals surface area contributed by atoms with Crippen molar-refractivity contribution in [3.63, 3.8) is 0 Å². The fraction of sp³-hybridized carbons (Fsp3) is 0.462. The van der Waals surface area contributed by atoms with E-state index in [-0.39, 0.29) is 12.5 Å². The first kappa shape index (κ1) is 16.2. The van der Waals surface area contributed by atoms with Crippen molar-refractivity contribution in [2.75, 3.05) is 19.6 Å². The maximum atomic E-state index is 11.4. The van der Waals surface area contributed by atoms with E-state index in [0.29, 0.717) is 29.6 Å². The van der Waals surface area contributed by atoms with E-state index in [4.69, 9.17) is 28.3 Å². The van der Waals surface area contributed by atoms with Crippen molar-refractivity contribution in [2.24, 2.45) is 0 Å². The van der Waals surface area contributed by atoms with Crippen LogP contribution in [-0.2, 0) is 11.2 Å². The maximum absolute atomic E-state index is 11.4. The molecule has 3 N–H and O–H groups in total. The zero-order chi connectivity index (χ0) is 14.3. The van der Waals surface area contributed by atoms with E-state index in [1.54, 1.807) is 19.1 Å². The molecule has 19 heavy (non-hydrogen) atoms. The smallest absolute Gasteiger partial charge is 0.233 e. The Balaban J connectivity index is 2.24. The lowest BCUT2D eigenvalue weighted by molar-refractivity contribution is -0.120. The highest BCUT2D eigenvalue weighted by Crippen LogP contribution is 2.20. The van der Waals surface area contributed by atoms with Crippen molar-refractivity contribution in [1.82, 2.24) is 10.6 Å². The third-order valence-corrected chi connectivity index (χ3v) is 3.04. The molecule has 1 aromatic rings. The second-order valence-corrected chi connectivity index (χ2v) is 5.16. The molecule has 0 aromatic heterocycles. The van der Waals surface area contributed by atoms with Crippen molar-refractivity contribution in [2.45, 2.75) is 19.4 Å². The molecule has 0 radical (unpaired) electrons. The third-order valence-electron chi connectivity index (χ3n) is 2.46. The second kappa shape index (κ2) is 8.38. The first-order valence-corrected chi connectivity index (χ1v) is 6.84. The quantitative estimate of drug-likeness (QED) is 0.717. The van der Waals surface area contributed by atoms with Crippen LogP contribution in [0.15, 0.2) is 18.2 Å². The molecule has 1 aromatic carbocycles. The van der Waals surface area contributed by atoms with E-state index in [1.807, 2.05) is 6.07 Å². The van der Waals surface area contributed by atoms with E-state index in [1.165, 1.54) is 0 Å². The normalized spacial score (nSPS) is 12.2. The largest absolute Gasteiger partial charge is 0.392 e. The van der Waals surface area contributed by atoms with Crippen LogP contribution < -0.4 is 10.6 Å². The number of hydrogen-bond donors (Lipinski definition) is 3. The Bertz CT molecular complexity index is 425. The molecule has 0 fully saturated rings. The summed E-state index contributed by atoms with van der Waals surface area (Å²) in [4.78, 5) is 11.4. The summed E-state index contributed by atoms with van der Waals surface area (Å²) >= 11 is 11.8. The number of nitrogens with one attached hydrogen (secondary N) is 2. The van der Waals surface area contributed by atoms with Gasteiger partial charge in [0.15, 0.2) is 0 Å². The first-order valence-electron chi connectivity index (χ1n) is 6.08. The summed E-state index contributed by atoms with van der Waals surface area (Å²) in [6, 6.07) is 5.31. The van der Waals surface area contributed by atoms with E-state index in [9.17, 15) is 4.79 Å². The van der Waals surface area contributed by atoms with Crippen LogP contribution in [0.25, 0.3) is 0 Å². The van der Waals surface area contributed by atoms with Gasteiger partial charge in [-0.2, -0.15) is 0 Å². The predicted octanol–water partition coefficient (Wildman–Crippen LogP) is 1.62. The molecule has 0 heterocycles. The molecular formula is C13H18Cl2N2O2. The van der Waals surface area contributed by atoms with E-state index >= 15 is 0 Å². The number of benzene rings is 1. The number of carbonyl (C=O) groups is 1. The zero-order valence-corrected chi connectivity index (χ0v) is 12.3. The number of halogens is 2. The van der Waals surface area contributed by atoms with Crippen LogP contribution in [0.1, 0.15) is 12.5 Å². The molecular weight excluding hydrogens is 287 g/mol. The highest BCUT2D eigenvalue weighted by atomic mass is 35.5. The number of amides is 1. The highest BCUT2D eigenvalue weighted by Gasteiger charge is 2.04. The minimum absolute atomic E-state index is 0.106. The van der Waals surface area contributed by atoms with Gasteiger partial charge in [0.25, 0.3) is 0 Å². The van der Waals surface area contributed by atoms with Crippen LogP contribution in [0.4, 0.5) is 0 Å². The van der Waals surface area contributed by atoms with E-state index in [0.717, 1.165) is 5.56 Å². The Kier molecular flexibility index (Phi) is 7.16. The fourth-order valence-corrected chi connectivity index (χ4v) is 2.02. The summed E-state index contributed by atoms with van der Waals surface area (Å²) in [5.41, 5.74) is 0.948. The first-order chi connectivity index (χ1) is 8.99. The third kappa shape index (κ3) is 6.78. The summed E-state index contributed by atoms with van der Waals surface area (Å²) in [7, 11) is 0. The predicted molar refractivity (Wildman–Crippen MR) is 77.7 cm³/mol. The molecule has 0 saturated carbocycles. The van der Waals surface area contributed by atoms with Gasteiger partial charge < -0.3 is 15.7 Å². The van der Waals surface area contributed by atoms with Gasteiger partial charge in [0.05, 0.1) is 12.6 Å². The summed E-state index contributed by atoms with van der Waals surface area (Å²) in [5, 5.41) is 15.8. The van der Waals surface area contributed by atoms with E-state index < -0.39 is 6.10 Å². The number of hydrogen-bond acceptors (Lipinski definition) is 3.